The highest BCUT2D eigenvalue weighted by molar-refractivity contribution is 5.94. The van der Waals surface area contributed by atoms with Crippen LogP contribution >= 0.6 is 0 Å². The van der Waals surface area contributed by atoms with Crippen LogP contribution < -0.4 is 14.5 Å². The summed E-state index contributed by atoms with van der Waals surface area (Å²) in [4.78, 5) is 35.7. The van der Waals surface area contributed by atoms with Crippen LogP contribution in [-0.4, -0.2) is 74.0 Å². The molecule has 2 aliphatic heterocycles. The molecule has 2 bridgehead atoms. The third kappa shape index (κ3) is 7.57. The Morgan fingerprint density at radius 1 is 1.00 bits per heavy atom. The summed E-state index contributed by atoms with van der Waals surface area (Å²) in [5.74, 6) is 1.41. The molecule has 0 spiro atoms. The average molecular weight is 549 g/mol. The molecule has 1 fully saturated rings. The molecule has 2 aliphatic rings. The minimum absolute atomic E-state index is 0.0151. The minimum Gasteiger partial charge on any atom is -0.484 e. The van der Waals surface area contributed by atoms with Crippen molar-refractivity contribution in [2.45, 2.75) is 77.9 Å². The second-order valence-electron chi connectivity index (χ2n) is 11.9. The van der Waals surface area contributed by atoms with Gasteiger partial charge in [0.15, 0.2) is 6.61 Å². The topological polar surface area (TPSA) is 56.3 Å². The summed E-state index contributed by atoms with van der Waals surface area (Å²) in [6.45, 7) is 9.33. The van der Waals surface area contributed by atoms with E-state index in [0.717, 1.165) is 55.6 Å². The summed E-state index contributed by atoms with van der Waals surface area (Å²) in [5, 5.41) is 0. The van der Waals surface area contributed by atoms with Gasteiger partial charge in [0.25, 0.3) is 5.91 Å². The molecular weight excluding hydrogens is 500 g/mol. The summed E-state index contributed by atoms with van der Waals surface area (Å²) < 4.78 is 6.04. The molecule has 2 atom stereocenters. The van der Waals surface area contributed by atoms with E-state index in [-0.39, 0.29) is 18.4 Å². The lowest BCUT2D eigenvalue weighted by Gasteiger charge is -2.44. The number of piperidine rings is 1. The van der Waals surface area contributed by atoms with Crippen LogP contribution in [0.1, 0.15) is 64.9 Å². The number of fused-ring (bicyclic) bond motifs is 3. The van der Waals surface area contributed by atoms with Gasteiger partial charge in [-0.05, 0) is 61.9 Å². The van der Waals surface area contributed by atoms with E-state index in [9.17, 15) is 9.59 Å². The lowest BCUT2D eigenvalue weighted by Crippen LogP contribution is -2.53. The van der Waals surface area contributed by atoms with Crippen molar-refractivity contribution in [3.05, 3.63) is 54.1 Å². The number of carbonyl (C=O) groups is 2. The van der Waals surface area contributed by atoms with E-state index < -0.39 is 0 Å². The van der Waals surface area contributed by atoms with Crippen LogP contribution in [0.5, 0.6) is 5.75 Å². The Labute approximate surface area is 241 Å². The number of amides is 2. The van der Waals surface area contributed by atoms with Crippen LogP contribution in [0.2, 0.25) is 0 Å². The number of benzene rings is 2. The zero-order valence-corrected chi connectivity index (χ0v) is 25.1. The molecule has 7 heteroatoms. The summed E-state index contributed by atoms with van der Waals surface area (Å²) in [6, 6.07) is 16.7. The van der Waals surface area contributed by atoms with Gasteiger partial charge >= 0.3 is 0 Å². The molecule has 2 unspecified atom stereocenters. The molecule has 2 aromatic carbocycles. The van der Waals surface area contributed by atoms with E-state index >= 15 is 0 Å². The number of carbonyl (C=O) groups excluding carboxylic acids is 2. The van der Waals surface area contributed by atoms with Gasteiger partial charge in [-0.1, -0.05) is 51.5 Å². The zero-order valence-electron chi connectivity index (χ0n) is 25.1. The Kier molecular flexibility index (Phi) is 10.5. The van der Waals surface area contributed by atoms with Crippen molar-refractivity contribution in [2.24, 2.45) is 5.92 Å². The normalized spacial score (nSPS) is 20.1. The molecule has 1 saturated heterocycles. The molecule has 0 aliphatic carbocycles. The first-order valence-electron chi connectivity index (χ1n) is 15.1. The van der Waals surface area contributed by atoms with Gasteiger partial charge in [-0.3, -0.25) is 14.5 Å². The van der Waals surface area contributed by atoms with Gasteiger partial charge in [0.2, 0.25) is 5.91 Å². The number of para-hydroxylation sites is 1. The highest BCUT2D eigenvalue weighted by Gasteiger charge is 2.34. The number of rotatable bonds is 8. The van der Waals surface area contributed by atoms with Crippen molar-refractivity contribution >= 4 is 23.2 Å². The van der Waals surface area contributed by atoms with Crippen LogP contribution in [0.25, 0.3) is 0 Å². The van der Waals surface area contributed by atoms with Crippen molar-refractivity contribution in [3.63, 3.8) is 0 Å². The molecule has 7 nitrogen and oxygen atoms in total. The molecule has 2 aromatic rings. The van der Waals surface area contributed by atoms with Gasteiger partial charge in [0.05, 0.1) is 0 Å². The number of anilines is 2. The summed E-state index contributed by atoms with van der Waals surface area (Å²) >= 11 is 0. The maximum absolute atomic E-state index is 13.8. The molecule has 218 valence electrons. The van der Waals surface area contributed by atoms with E-state index in [1.165, 1.54) is 0 Å². The van der Waals surface area contributed by atoms with Crippen LogP contribution in [0.15, 0.2) is 48.5 Å². The van der Waals surface area contributed by atoms with Crippen LogP contribution in [-0.2, 0) is 16.1 Å². The minimum atomic E-state index is -0.0244. The molecule has 0 radical (unpaired) electrons. The first-order valence-corrected chi connectivity index (χ1v) is 15.1. The molecule has 40 heavy (non-hydrogen) atoms. The third-order valence-electron chi connectivity index (χ3n) is 8.39. The van der Waals surface area contributed by atoms with Gasteiger partial charge in [0, 0.05) is 69.7 Å². The second-order valence-corrected chi connectivity index (χ2v) is 11.9. The molecular formula is C33H48N4O3. The zero-order chi connectivity index (χ0) is 28.6. The number of hydrogen-bond donors (Lipinski definition) is 0. The van der Waals surface area contributed by atoms with Gasteiger partial charge in [-0.15, -0.1) is 0 Å². The fraction of sp³-hybridized carbons (Fsp3) is 0.576. The molecule has 0 saturated carbocycles. The molecule has 0 N–H and O–H groups in total. The summed E-state index contributed by atoms with van der Waals surface area (Å²) in [7, 11) is 3.98. The van der Waals surface area contributed by atoms with E-state index in [0.29, 0.717) is 49.8 Å². The molecule has 4 rings (SSSR count). The Morgan fingerprint density at radius 2 is 1.77 bits per heavy atom. The number of hydrogen-bond acceptors (Lipinski definition) is 5. The Bertz CT molecular complexity index is 1130. The SMILES string of the molecule is CCC(=O)N1CCC2CCCC(CN(C(=O)COc3cccc(N(C)C)c3)Cc3ccccc31)N2CCC(C)C. The van der Waals surface area contributed by atoms with E-state index in [1.807, 2.05) is 78.2 Å². The quantitative estimate of drug-likeness (QED) is 0.431. The smallest absolute Gasteiger partial charge is 0.260 e. The summed E-state index contributed by atoms with van der Waals surface area (Å²) in [5.41, 5.74) is 2.97. The first kappa shape index (κ1) is 29.9. The van der Waals surface area contributed by atoms with Crippen molar-refractivity contribution in [1.29, 1.82) is 0 Å². The second kappa shape index (κ2) is 14.0. The van der Waals surface area contributed by atoms with Gasteiger partial charge < -0.3 is 19.4 Å². The van der Waals surface area contributed by atoms with Gasteiger partial charge in [0.1, 0.15) is 5.75 Å². The highest BCUT2D eigenvalue weighted by Crippen LogP contribution is 2.31. The standard InChI is InChI=1S/C33H48N4O3/c1-6-32(38)37-20-18-27-12-9-14-29(36(27)19-17-25(2)3)23-35(22-26-11-7-8-16-31(26)37)33(39)24-40-30-15-10-13-28(21-30)34(4)5/h7-8,10-11,13,15-16,21,25,27,29H,6,9,12,14,17-20,22-24H2,1-5H3. The van der Waals surface area contributed by atoms with Crippen LogP contribution in [0.3, 0.4) is 0 Å². The van der Waals surface area contributed by atoms with Crippen molar-refractivity contribution in [2.75, 3.05) is 50.1 Å². The maximum atomic E-state index is 13.8. The maximum Gasteiger partial charge on any atom is 0.260 e. The fourth-order valence-electron chi connectivity index (χ4n) is 6.06. The van der Waals surface area contributed by atoms with Crippen LogP contribution in [0.4, 0.5) is 11.4 Å². The van der Waals surface area contributed by atoms with E-state index in [4.69, 9.17) is 4.74 Å². The number of nitrogens with zero attached hydrogens (tertiary/aromatic N) is 4. The fourth-order valence-corrected chi connectivity index (χ4v) is 6.06. The third-order valence-corrected chi connectivity index (χ3v) is 8.39. The predicted octanol–water partition coefficient (Wildman–Crippen LogP) is 5.58. The van der Waals surface area contributed by atoms with Crippen LogP contribution in [0, 0.1) is 5.92 Å². The van der Waals surface area contributed by atoms with Crippen molar-refractivity contribution in [3.8, 4) is 5.75 Å². The van der Waals surface area contributed by atoms with E-state index in [1.54, 1.807) is 0 Å². The molecule has 2 amide bonds. The predicted molar refractivity (Wildman–Crippen MR) is 163 cm³/mol. The van der Waals surface area contributed by atoms with Gasteiger partial charge in [-0.2, -0.15) is 0 Å². The van der Waals surface area contributed by atoms with Gasteiger partial charge in [-0.25, -0.2) is 0 Å². The number of ether oxygens (including phenoxy) is 1. The molecule has 2 heterocycles. The van der Waals surface area contributed by atoms with Crippen molar-refractivity contribution < 1.29 is 14.3 Å². The summed E-state index contributed by atoms with van der Waals surface area (Å²) in [6.07, 6.45) is 5.92. The lowest BCUT2D eigenvalue weighted by molar-refractivity contribution is -0.135. The monoisotopic (exact) mass is 548 g/mol. The van der Waals surface area contributed by atoms with E-state index in [2.05, 4.69) is 24.8 Å². The average Bonchev–Trinajstić information content (AvgIpc) is 2.96. The first-order chi connectivity index (χ1) is 19.3. The molecule has 0 aromatic heterocycles. The Hall–Kier alpha value is -3.06. The highest BCUT2D eigenvalue weighted by atomic mass is 16.5. The Morgan fingerprint density at radius 3 is 2.52 bits per heavy atom. The largest absolute Gasteiger partial charge is 0.484 e. The van der Waals surface area contributed by atoms with Crippen molar-refractivity contribution in [1.82, 2.24) is 9.80 Å². The lowest BCUT2D eigenvalue weighted by atomic mass is 9.92. The Balaban J connectivity index is 1.65.